The Kier molecular flexibility index (Phi) is 8.26. The van der Waals surface area contributed by atoms with Gasteiger partial charge in [0.15, 0.2) is 0 Å². The van der Waals surface area contributed by atoms with E-state index >= 15 is 0 Å². The van der Waals surface area contributed by atoms with Crippen molar-refractivity contribution in [3.8, 4) is 0 Å². The van der Waals surface area contributed by atoms with Gasteiger partial charge in [-0.25, -0.2) is 0 Å². The van der Waals surface area contributed by atoms with Gasteiger partial charge in [0.1, 0.15) is 0 Å². The second-order valence-electron chi connectivity index (χ2n) is 7.26. The molecule has 26 heavy (non-hydrogen) atoms. The average molecular weight is 359 g/mol. The van der Waals surface area contributed by atoms with Crippen molar-refractivity contribution >= 4 is 12.0 Å². The first kappa shape index (κ1) is 20.6. The molecule has 1 aromatic rings. The number of rotatable bonds is 9. The molecule has 0 radical (unpaired) electrons. The zero-order valence-corrected chi connectivity index (χ0v) is 16.5. The van der Waals surface area contributed by atoms with Crippen LogP contribution in [0.4, 0.5) is 0 Å². The minimum Gasteiger partial charge on any atom is -0.366 e. The van der Waals surface area contributed by atoms with Gasteiger partial charge in [0.05, 0.1) is 11.9 Å². The first-order valence-corrected chi connectivity index (χ1v) is 9.93. The summed E-state index contributed by atoms with van der Waals surface area (Å²) in [5, 5.41) is 3.44. The van der Waals surface area contributed by atoms with Crippen LogP contribution in [-0.2, 0) is 11.2 Å². The van der Waals surface area contributed by atoms with E-state index in [0.717, 1.165) is 36.2 Å². The largest absolute Gasteiger partial charge is 0.366 e. The van der Waals surface area contributed by atoms with E-state index in [0.29, 0.717) is 6.04 Å². The maximum absolute atomic E-state index is 11.2. The Morgan fingerprint density at radius 3 is 2.73 bits per heavy atom. The number of carbonyl (C=O) groups is 1. The van der Waals surface area contributed by atoms with Gasteiger partial charge in [-0.3, -0.25) is 14.7 Å². The van der Waals surface area contributed by atoms with Crippen LogP contribution < -0.4 is 11.1 Å². The number of nitrogens with one attached hydrogen (secondary N) is 1. The molecule has 0 spiro atoms. The fraction of sp³-hybridized carbons (Fsp3) is 0.619. The molecule has 1 fully saturated rings. The molecule has 1 atom stereocenters. The van der Waals surface area contributed by atoms with E-state index in [2.05, 4.69) is 36.3 Å². The van der Waals surface area contributed by atoms with E-state index in [9.17, 15) is 4.79 Å². The zero-order chi connectivity index (χ0) is 18.9. The Morgan fingerprint density at radius 1 is 1.38 bits per heavy atom. The smallest absolute Gasteiger partial charge is 0.241 e. The summed E-state index contributed by atoms with van der Waals surface area (Å²) in [6.45, 7) is 2.18. The first-order chi connectivity index (χ1) is 12.6. The molecule has 2 rings (SSSR count). The van der Waals surface area contributed by atoms with Gasteiger partial charge in [-0.2, -0.15) is 0 Å². The molecule has 5 heteroatoms. The highest BCUT2D eigenvalue weighted by molar-refractivity contribution is 5.90. The predicted octanol–water partition coefficient (Wildman–Crippen LogP) is 3.41. The van der Waals surface area contributed by atoms with E-state index in [1.807, 2.05) is 7.05 Å². The van der Waals surface area contributed by atoms with E-state index < -0.39 is 5.91 Å². The highest BCUT2D eigenvalue weighted by Gasteiger charge is 2.26. The summed E-state index contributed by atoms with van der Waals surface area (Å²) in [6.07, 6.45) is 12.9. The molecule has 3 N–H and O–H groups in total. The van der Waals surface area contributed by atoms with E-state index in [4.69, 9.17) is 10.7 Å². The number of nitrogens with zero attached hydrogens (tertiary/aromatic N) is 2. The number of carbonyl (C=O) groups excluding carboxylic acids is 1. The van der Waals surface area contributed by atoms with Crippen LogP contribution in [0.25, 0.3) is 6.08 Å². The van der Waals surface area contributed by atoms with Crippen LogP contribution in [-0.4, -0.2) is 35.9 Å². The van der Waals surface area contributed by atoms with Crippen molar-refractivity contribution in [2.45, 2.75) is 70.5 Å². The van der Waals surface area contributed by atoms with Crippen LogP contribution in [0.3, 0.4) is 0 Å². The summed E-state index contributed by atoms with van der Waals surface area (Å²) in [6, 6.07) is 4.85. The van der Waals surface area contributed by atoms with Crippen LogP contribution in [0.2, 0.25) is 0 Å². The molecule has 0 aliphatic heterocycles. The number of primary amides is 1. The fourth-order valence-electron chi connectivity index (χ4n) is 3.83. The first-order valence-electron chi connectivity index (χ1n) is 9.93. The summed E-state index contributed by atoms with van der Waals surface area (Å²) in [5.74, 6) is -0.446. The minimum absolute atomic E-state index is 0.0679. The number of nitrogens with two attached hydrogens (primary N) is 1. The quantitative estimate of drug-likeness (QED) is 0.524. The zero-order valence-electron chi connectivity index (χ0n) is 16.5. The van der Waals surface area contributed by atoms with Gasteiger partial charge in [-0.1, -0.05) is 38.7 Å². The number of amides is 1. The highest BCUT2D eigenvalue weighted by atomic mass is 16.1. The minimum atomic E-state index is -0.446. The van der Waals surface area contributed by atoms with Gasteiger partial charge in [0, 0.05) is 23.4 Å². The van der Waals surface area contributed by atoms with Gasteiger partial charge >= 0.3 is 0 Å². The molecule has 5 nitrogen and oxygen atoms in total. The molecule has 1 unspecified atom stereocenters. The van der Waals surface area contributed by atoms with Gasteiger partial charge < -0.3 is 11.1 Å². The van der Waals surface area contributed by atoms with E-state index in [-0.39, 0.29) is 6.17 Å². The molecule has 0 saturated heterocycles. The molecular formula is C21H34N4O. The third-order valence-electron chi connectivity index (χ3n) is 5.33. The van der Waals surface area contributed by atoms with Crippen LogP contribution in [0.5, 0.6) is 0 Å². The van der Waals surface area contributed by atoms with Crippen LogP contribution in [0.15, 0.2) is 18.2 Å². The van der Waals surface area contributed by atoms with Crippen molar-refractivity contribution in [1.82, 2.24) is 15.2 Å². The Labute approximate surface area is 158 Å². The molecule has 1 aliphatic carbocycles. The van der Waals surface area contributed by atoms with Gasteiger partial charge in [-0.05, 0) is 51.9 Å². The highest BCUT2D eigenvalue weighted by Crippen LogP contribution is 2.29. The van der Waals surface area contributed by atoms with Crippen molar-refractivity contribution in [1.29, 1.82) is 0 Å². The lowest BCUT2D eigenvalue weighted by atomic mass is 9.93. The number of unbranched alkanes of at least 4 members (excludes halogenated alkanes) is 1. The van der Waals surface area contributed by atoms with Crippen LogP contribution in [0, 0.1) is 0 Å². The van der Waals surface area contributed by atoms with Gasteiger partial charge in [0.2, 0.25) is 5.91 Å². The topological polar surface area (TPSA) is 71.2 Å². The second-order valence-corrected chi connectivity index (χ2v) is 7.26. The Bertz CT molecular complexity index is 608. The summed E-state index contributed by atoms with van der Waals surface area (Å²) in [5.41, 5.74) is 8.31. The lowest BCUT2D eigenvalue weighted by Gasteiger charge is -2.37. The lowest BCUT2D eigenvalue weighted by Crippen LogP contribution is -2.42. The second kappa shape index (κ2) is 10.4. The molecule has 144 valence electrons. The predicted molar refractivity (Wildman–Crippen MR) is 108 cm³/mol. The maximum Gasteiger partial charge on any atom is 0.241 e. The number of pyridine rings is 1. The van der Waals surface area contributed by atoms with Crippen LogP contribution in [0.1, 0.15) is 75.0 Å². The van der Waals surface area contributed by atoms with Crippen molar-refractivity contribution in [3.05, 3.63) is 35.2 Å². The Morgan fingerprint density at radius 2 is 2.12 bits per heavy atom. The molecule has 0 bridgehead atoms. The molecule has 1 aromatic heterocycles. The SMILES string of the molecule is CCCCc1ccc(C(NC)N(C)C2CCCCC2)c(/C=C/C(N)=O)n1. The lowest BCUT2D eigenvalue weighted by molar-refractivity contribution is -0.113. The summed E-state index contributed by atoms with van der Waals surface area (Å²) < 4.78 is 0. The Hall–Kier alpha value is -1.72. The third kappa shape index (κ3) is 5.64. The summed E-state index contributed by atoms with van der Waals surface area (Å²) >= 11 is 0. The normalized spacial score (nSPS) is 17.1. The maximum atomic E-state index is 11.2. The van der Waals surface area contributed by atoms with Gasteiger partial charge in [-0.15, -0.1) is 0 Å². The molecular weight excluding hydrogens is 324 g/mol. The number of hydrogen-bond acceptors (Lipinski definition) is 4. The molecule has 1 heterocycles. The van der Waals surface area contributed by atoms with Gasteiger partial charge in [0.25, 0.3) is 0 Å². The Balaban J connectivity index is 2.31. The summed E-state index contributed by atoms with van der Waals surface area (Å²) in [4.78, 5) is 18.5. The summed E-state index contributed by atoms with van der Waals surface area (Å²) in [7, 11) is 4.17. The molecule has 0 aromatic carbocycles. The van der Waals surface area contributed by atoms with Crippen molar-refractivity contribution in [2.24, 2.45) is 5.73 Å². The molecule has 1 aliphatic rings. The van der Waals surface area contributed by atoms with E-state index in [1.54, 1.807) is 6.08 Å². The number of aromatic nitrogens is 1. The van der Waals surface area contributed by atoms with Crippen LogP contribution >= 0.6 is 0 Å². The fourth-order valence-corrected chi connectivity index (χ4v) is 3.83. The van der Waals surface area contributed by atoms with E-state index in [1.165, 1.54) is 38.2 Å². The molecule has 1 amide bonds. The van der Waals surface area contributed by atoms with Crippen molar-refractivity contribution in [3.63, 3.8) is 0 Å². The number of hydrogen-bond donors (Lipinski definition) is 2. The average Bonchev–Trinajstić information content (AvgIpc) is 2.66. The number of aryl methyl sites for hydroxylation is 1. The molecule has 1 saturated carbocycles. The monoisotopic (exact) mass is 358 g/mol. The van der Waals surface area contributed by atoms with Crippen molar-refractivity contribution in [2.75, 3.05) is 14.1 Å². The standard InChI is InChI=1S/C21H34N4O/c1-4-5-9-16-12-13-18(19(24-16)14-15-20(22)26)21(23-2)25(3)17-10-7-6-8-11-17/h12-15,17,21,23H,4-11H2,1-3H3,(H2,22,26)/b15-14+. The third-order valence-corrected chi connectivity index (χ3v) is 5.33. The van der Waals surface area contributed by atoms with Crippen molar-refractivity contribution < 1.29 is 4.79 Å².